The summed E-state index contributed by atoms with van der Waals surface area (Å²) < 4.78 is 3.75. The molecule has 3 heteroatoms. The van der Waals surface area contributed by atoms with Crippen LogP contribution >= 0.6 is 22.9 Å². The van der Waals surface area contributed by atoms with Crippen LogP contribution in [0.3, 0.4) is 0 Å². The van der Waals surface area contributed by atoms with Gasteiger partial charge in [0.2, 0.25) is 0 Å². The SMILES string of the molecule is Oc1ccccc1C=NI. The highest BCUT2D eigenvalue weighted by Gasteiger charge is 1.92. The molecule has 0 unspecified atom stereocenters. The van der Waals surface area contributed by atoms with Crippen LogP contribution in [-0.4, -0.2) is 11.3 Å². The van der Waals surface area contributed by atoms with Gasteiger partial charge in [-0.3, -0.25) is 0 Å². The van der Waals surface area contributed by atoms with Gasteiger partial charge in [0, 0.05) is 11.8 Å². The Morgan fingerprint density at radius 2 is 2.10 bits per heavy atom. The fourth-order valence-corrected chi connectivity index (χ4v) is 0.949. The summed E-state index contributed by atoms with van der Waals surface area (Å²) in [5.41, 5.74) is 0.747. The summed E-state index contributed by atoms with van der Waals surface area (Å²) in [6.45, 7) is 0. The maximum atomic E-state index is 9.15. The number of hydrogen-bond donors (Lipinski definition) is 1. The molecule has 0 aromatic heterocycles. The molecule has 1 aromatic carbocycles. The van der Waals surface area contributed by atoms with Crippen LogP contribution in [0.1, 0.15) is 5.56 Å². The van der Waals surface area contributed by atoms with Gasteiger partial charge in [-0.15, -0.1) is 0 Å². The Balaban J connectivity index is 3.03. The second-order valence-electron chi connectivity index (χ2n) is 1.79. The van der Waals surface area contributed by atoms with Gasteiger partial charge in [0.15, 0.2) is 0 Å². The van der Waals surface area contributed by atoms with Gasteiger partial charge in [0.05, 0.1) is 22.9 Å². The van der Waals surface area contributed by atoms with Crippen molar-refractivity contribution in [2.45, 2.75) is 0 Å². The van der Waals surface area contributed by atoms with E-state index >= 15 is 0 Å². The molecular weight excluding hydrogens is 241 g/mol. The van der Waals surface area contributed by atoms with E-state index in [4.69, 9.17) is 5.11 Å². The highest BCUT2D eigenvalue weighted by molar-refractivity contribution is 14.1. The zero-order valence-corrected chi connectivity index (χ0v) is 7.32. The molecule has 0 aliphatic heterocycles. The van der Waals surface area contributed by atoms with E-state index in [0.29, 0.717) is 0 Å². The average molecular weight is 247 g/mol. The Kier molecular flexibility index (Phi) is 2.68. The van der Waals surface area contributed by atoms with Crippen molar-refractivity contribution in [1.29, 1.82) is 0 Å². The van der Waals surface area contributed by atoms with Crippen LogP contribution < -0.4 is 0 Å². The molecule has 52 valence electrons. The molecule has 0 spiro atoms. The van der Waals surface area contributed by atoms with E-state index in [1.807, 2.05) is 28.9 Å². The number of benzene rings is 1. The highest BCUT2D eigenvalue weighted by Crippen LogP contribution is 2.12. The van der Waals surface area contributed by atoms with Gasteiger partial charge in [-0.25, -0.2) is 3.21 Å². The molecular formula is C7H6INO. The first-order chi connectivity index (χ1) is 4.84. The number of rotatable bonds is 1. The number of para-hydroxylation sites is 1. The Hall–Kier alpha value is -0.580. The van der Waals surface area contributed by atoms with Gasteiger partial charge >= 0.3 is 0 Å². The minimum absolute atomic E-state index is 0.267. The van der Waals surface area contributed by atoms with Crippen molar-refractivity contribution in [1.82, 2.24) is 0 Å². The summed E-state index contributed by atoms with van der Waals surface area (Å²) in [6, 6.07) is 7.07. The minimum atomic E-state index is 0.267. The van der Waals surface area contributed by atoms with Crippen molar-refractivity contribution in [3.8, 4) is 5.75 Å². The van der Waals surface area contributed by atoms with Gasteiger partial charge < -0.3 is 5.11 Å². The van der Waals surface area contributed by atoms with E-state index in [1.165, 1.54) is 0 Å². The van der Waals surface area contributed by atoms with Crippen molar-refractivity contribution in [3.05, 3.63) is 29.8 Å². The summed E-state index contributed by atoms with van der Waals surface area (Å²) in [4.78, 5) is 0. The second kappa shape index (κ2) is 3.55. The van der Waals surface area contributed by atoms with Crippen molar-refractivity contribution in [3.63, 3.8) is 0 Å². The van der Waals surface area contributed by atoms with Gasteiger partial charge in [-0.05, 0) is 12.1 Å². The van der Waals surface area contributed by atoms with E-state index in [-0.39, 0.29) is 5.75 Å². The third kappa shape index (κ3) is 1.70. The minimum Gasteiger partial charge on any atom is -0.507 e. The molecule has 1 N–H and O–H groups in total. The number of aromatic hydroxyl groups is 1. The lowest BCUT2D eigenvalue weighted by Gasteiger charge is -1.93. The van der Waals surface area contributed by atoms with Gasteiger partial charge in [-0.2, -0.15) is 0 Å². The quantitative estimate of drug-likeness (QED) is 0.598. The summed E-state index contributed by atoms with van der Waals surface area (Å²) in [6.07, 6.45) is 1.61. The van der Waals surface area contributed by atoms with Gasteiger partial charge in [0.25, 0.3) is 0 Å². The van der Waals surface area contributed by atoms with Gasteiger partial charge in [0.1, 0.15) is 5.75 Å². The molecule has 0 heterocycles. The first kappa shape index (κ1) is 7.53. The maximum absolute atomic E-state index is 9.15. The van der Waals surface area contributed by atoms with E-state index < -0.39 is 0 Å². The first-order valence-electron chi connectivity index (χ1n) is 2.77. The van der Waals surface area contributed by atoms with E-state index in [9.17, 15) is 0 Å². The van der Waals surface area contributed by atoms with Crippen molar-refractivity contribution in [2.75, 3.05) is 0 Å². The molecule has 1 rings (SSSR count). The number of hydrogen-bond acceptors (Lipinski definition) is 2. The molecule has 0 amide bonds. The molecule has 0 aliphatic rings. The van der Waals surface area contributed by atoms with E-state index in [0.717, 1.165) is 5.56 Å². The number of phenols is 1. The van der Waals surface area contributed by atoms with Gasteiger partial charge in [-0.1, -0.05) is 12.1 Å². The standard InChI is InChI=1S/C7H6INO/c8-9-5-6-3-1-2-4-7(6)10/h1-5,10H. The molecule has 0 atom stereocenters. The molecule has 0 fully saturated rings. The van der Waals surface area contributed by atoms with E-state index in [2.05, 4.69) is 3.21 Å². The summed E-state index contributed by atoms with van der Waals surface area (Å²) in [7, 11) is 0. The highest BCUT2D eigenvalue weighted by atomic mass is 127. The predicted molar refractivity (Wildman–Crippen MR) is 49.7 cm³/mol. The lowest BCUT2D eigenvalue weighted by atomic mass is 10.2. The van der Waals surface area contributed by atoms with Crippen LogP contribution in [0.5, 0.6) is 5.75 Å². The van der Waals surface area contributed by atoms with Crippen LogP contribution in [0, 0.1) is 0 Å². The Morgan fingerprint density at radius 3 is 2.70 bits per heavy atom. The van der Waals surface area contributed by atoms with Crippen molar-refractivity contribution < 1.29 is 5.11 Å². The third-order valence-electron chi connectivity index (χ3n) is 1.12. The normalized spacial score (nSPS) is 10.5. The summed E-state index contributed by atoms with van der Waals surface area (Å²) in [5, 5.41) is 9.15. The fourth-order valence-electron chi connectivity index (χ4n) is 0.649. The fraction of sp³-hybridized carbons (Fsp3) is 0. The first-order valence-corrected chi connectivity index (χ1v) is 3.73. The average Bonchev–Trinajstić information content (AvgIpc) is 1.94. The molecule has 0 saturated carbocycles. The van der Waals surface area contributed by atoms with Crippen LogP contribution in [0.25, 0.3) is 0 Å². The Bertz CT molecular complexity index is 247. The van der Waals surface area contributed by atoms with Crippen LogP contribution in [0.15, 0.2) is 27.5 Å². The summed E-state index contributed by atoms with van der Waals surface area (Å²) in [5.74, 6) is 0.267. The van der Waals surface area contributed by atoms with Crippen LogP contribution in [-0.2, 0) is 0 Å². The molecule has 2 nitrogen and oxygen atoms in total. The Morgan fingerprint density at radius 1 is 1.40 bits per heavy atom. The maximum Gasteiger partial charge on any atom is 0.124 e. The molecule has 0 bridgehead atoms. The van der Waals surface area contributed by atoms with Crippen LogP contribution in [0.2, 0.25) is 0 Å². The smallest absolute Gasteiger partial charge is 0.124 e. The lowest BCUT2D eigenvalue weighted by molar-refractivity contribution is 0.474. The molecule has 0 radical (unpaired) electrons. The number of nitrogens with zero attached hydrogens (tertiary/aromatic N) is 1. The zero-order chi connectivity index (χ0) is 7.40. The largest absolute Gasteiger partial charge is 0.507 e. The number of halogens is 1. The molecule has 1 aromatic rings. The third-order valence-corrected chi connectivity index (χ3v) is 1.40. The Labute approximate surface area is 73.1 Å². The molecule has 0 aliphatic carbocycles. The van der Waals surface area contributed by atoms with Crippen molar-refractivity contribution in [2.24, 2.45) is 3.21 Å². The monoisotopic (exact) mass is 247 g/mol. The molecule has 0 saturated heterocycles. The summed E-state index contributed by atoms with van der Waals surface area (Å²) >= 11 is 1.87. The zero-order valence-electron chi connectivity index (χ0n) is 5.16. The predicted octanol–water partition coefficient (Wildman–Crippen LogP) is 2.16. The lowest BCUT2D eigenvalue weighted by Crippen LogP contribution is -1.78. The second-order valence-corrected chi connectivity index (χ2v) is 2.34. The molecule has 10 heavy (non-hydrogen) atoms. The van der Waals surface area contributed by atoms with E-state index in [1.54, 1.807) is 24.4 Å². The number of phenolic OH excluding ortho intramolecular Hbond substituents is 1. The van der Waals surface area contributed by atoms with Crippen molar-refractivity contribution >= 4 is 29.1 Å². The topological polar surface area (TPSA) is 32.6 Å². The van der Waals surface area contributed by atoms with Crippen LogP contribution in [0.4, 0.5) is 0 Å².